The predicted octanol–water partition coefficient (Wildman–Crippen LogP) is 2.93. The molecule has 0 aliphatic rings. The smallest absolute Gasteiger partial charge is 0.191 e. The van der Waals surface area contributed by atoms with E-state index in [9.17, 15) is 9.50 Å². The molecule has 0 amide bonds. The van der Waals surface area contributed by atoms with Gasteiger partial charge in [-0.25, -0.2) is 9.38 Å². The standard InChI is InChI=1S/C20H26FN3O2/c1-4-22-20(23-12-16-6-5-14(2)11-19(16)26-3)24-13-18(25)15-7-9-17(21)10-8-15/h5-11,18,25H,4,12-13H2,1-3H3,(H2,22,23,24). The topological polar surface area (TPSA) is 65.9 Å². The second-order valence-electron chi connectivity index (χ2n) is 5.96. The van der Waals surface area contributed by atoms with E-state index in [-0.39, 0.29) is 12.4 Å². The Kier molecular flexibility index (Phi) is 7.41. The number of aryl methyl sites for hydroxylation is 1. The molecule has 0 heterocycles. The lowest BCUT2D eigenvalue weighted by Gasteiger charge is -2.16. The molecule has 1 atom stereocenters. The molecule has 0 fully saturated rings. The Morgan fingerprint density at radius 2 is 1.92 bits per heavy atom. The maximum Gasteiger partial charge on any atom is 0.191 e. The van der Waals surface area contributed by atoms with Gasteiger partial charge in [0.25, 0.3) is 0 Å². The van der Waals surface area contributed by atoms with Gasteiger partial charge in [0.05, 0.1) is 19.8 Å². The number of aliphatic hydroxyl groups is 1. The normalized spacial score (nSPS) is 12.6. The number of nitrogens with zero attached hydrogens (tertiary/aromatic N) is 1. The van der Waals surface area contributed by atoms with Crippen LogP contribution in [0.4, 0.5) is 4.39 Å². The molecular formula is C20H26FN3O2. The highest BCUT2D eigenvalue weighted by Gasteiger charge is 2.09. The van der Waals surface area contributed by atoms with Crippen molar-refractivity contribution in [1.82, 2.24) is 10.6 Å². The third kappa shape index (κ3) is 5.74. The molecule has 2 rings (SSSR count). The number of aliphatic imine (C=N–C) groups is 1. The highest BCUT2D eigenvalue weighted by molar-refractivity contribution is 5.79. The second kappa shape index (κ2) is 9.77. The van der Waals surface area contributed by atoms with Crippen LogP contribution in [0, 0.1) is 12.7 Å². The molecule has 0 spiro atoms. The van der Waals surface area contributed by atoms with Crippen molar-refractivity contribution in [2.45, 2.75) is 26.5 Å². The van der Waals surface area contributed by atoms with Crippen molar-refractivity contribution < 1.29 is 14.2 Å². The van der Waals surface area contributed by atoms with Crippen LogP contribution in [0.1, 0.15) is 29.7 Å². The Morgan fingerprint density at radius 1 is 1.19 bits per heavy atom. The fourth-order valence-electron chi connectivity index (χ4n) is 2.48. The van der Waals surface area contributed by atoms with Gasteiger partial charge in [0, 0.05) is 18.7 Å². The van der Waals surface area contributed by atoms with Crippen molar-refractivity contribution in [3.8, 4) is 5.75 Å². The highest BCUT2D eigenvalue weighted by Crippen LogP contribution is 2.20. The lowest BCUT2D eigenvalue weighted by molar-refractivity contribution is 0.180. The highest BCUT2D eigenvalue weighted by atomic mass is 19.1. The summed E-state index contributed by atoms with van der Waals surface area (Å²) in [6, 6.07) is 11.8. The molecule has 0 aliphatic carbocycles. The van der Waals surface area contributed by atoms with E-state index in [2.05, 4.69) is 15.6 Å². The van der Waals surface area contributed by atoms with E-state index in [1.165, 1.54) is 12.1 Å². The molecule has 2 aromatic rings. The van der Waals surface area contributed by atoms with Crippen molar-refractivity contribution >= 4 is 5.96 Å². The molecule has 140 valence electrons. The van der Waals surface area contributed by atoms with Crippen molar-refractivity contribution in [2.75, 3.05) is 20.2 Å². The lowest BCUT2D eigenvalue weighted by atomic mass is 10.1. The van der Waals surface area contributed by atoms with Crippen LogP contribution in [0.5, 0.6) is 5.75 Å². The van der Waals surface area contributed by atoms with E-state index < -0.39 is 6.10 Å². The summed E-state index contributed by atoms with van der Waals surface area (Å²) in [4.78, 5) is 4.55. The minimum atomic E-state index is -0.756. The molecule has 1 unspecified atom stereocenters. The molecule has 0 radical (unpaired) electrons. The van der Waals surface area contributed by atoms with Gasteiger partial charge in [-0.2, -0.15) is 0 Å². The first kappa shape index (κ1) is 19.7. The third-order valence-corrected chi connectivity index (χ3v) is 3.91. The van der Waals surface area contributed by atoms with Gasteiger partial charge in [-0.15, -0.1) is 0 Å². The molecule has 3 N–H and O–H groups in total. The van der Waals surface area contributed by atoms with Crippen LogP contribution in [-0.4, -0.2) is 31.3 Å². The Bertz CT molecular complexity index is 732. The minimum Gasteiger partial charge on any atom is -0.496 e. The Balaban J connectivity index is 2.01. The summed E-state index contributed by atoms with van der Waals surface area (Å²) >= 11 is 0. The molecule has 0 saturated carbocycles. The average molecular weight is 359 g/mol. The molecule has 6 heteroatoms. The number of rotatable bonds is 7. The van der Waals surface area contributed by atoms with Crippen LogP contribution >= 0.6 is 0 Å². The number of benzene rings is 2. The number of ether oxygens (including phenoxy) is 1. The van der Waals surface area contributed by atoms with Crippen LogP contribution in [0.15, 0.2) is 47.5 Å². The summed E-state index contributed by atoms with van der Waals surface area (Å²) < 4.78 is 18.4. The van der Waals surface area contributed by atoms with Crippen LogP contribution < -0.4 is 15.4 Å². The zero-order chi connectivity index (χ0) is 18.9. The molecule has 2 aromatic carbocycles. The summed E-state index contributed by atoms with van der Waals surface area (Å²) in [5.74, 6) is 1.07. The van der Waals surface area contributed by atoms with Gasteiger partial charge in [-0.05, 0) is 43.2 Å². The van der Waals surface area contributed by atoms with Crippen LogP contribution in [0.2, 0.25) is 0 Å². The first-order valence-electron chi connectivity index (χ1n) is 8.62. The summed E-state index contributed by atoms with van der Waals surface area (Å²) in [6.07, 6.45) is -0.756. The number of guanidine groups is 1. The predicted molar refractivity (Wildman–Crippen MR) is 102 cm³/mol. The number of nitrogens with one attached hydrogen (secondary N) is 2. The fourth-order valence-corrected chi connectivity index (χ4v) is 2.48. The van der Waals surface area contributed by atoms with Gasteiger partial charge in [0.2, 0.25) is 0 Å². The summed E-state index contributed by atoms with van der Waals surface area (Å²) in [6.45, 7) is 5.40. The number of halogens is 1. The minimum absolute atomic E-state index is 0.266. The molecule has 0 bridgehead atoms. The van der Waals surface area contributed by atoms with Gasteiger partial charge < -0.3 is 20.5 Å². The van der Waals surface area contributed by atoms with Crippen molar-refractivity contribution in [2.24, 2.45) is 4.99 Å². The van der Waals surface area contributed by atoms with E-state index in [1.54, 1.807) is 19.2 Å². The SMILES string of the molecule is CCNC(=NCc1ccc(C)cc1OC)NCC(O)c1ccc(F)cc1. The van der Waals surface area contributed by atoms with E-state index in [1.807, 2.05) is 32.0 Å². The molecule has 0 saturated heterocycles. The fraction of sp³-hybridized carbons (Fsp3) is 0.350. The van der Waals surface area contributed by atoms with Gasteiger partial charge >= 0.3 is 0 Å². The van der Waals surface area contributed by atoms with Gasteiger partial charge in [-0.1, -0.05) is 24.3 Å². The summed E-state index contributed by atoms with van der Waals surface area (Å²) in [5.41, 5.74) is 2.76. The number of aliphatic hydroxyl groups excluding tert-OH is 1. The van der Waals surface area contributed by atoms with Gasteiger partial charge in [0.1, 0.15) is 11.6 Å². The number of hydrogen-bond donors (Lipinski definition) is 3. The Labute approximate surface area is 153 Å². The van der Waals surface area contributed by atoms with E-state index in [0.29, 0.717) is 24.6 Å². The molecule has 5 nitrogen and oxygen atoms in total. The maximum atomic E-state index is 13.0. The van der Waals surface area contributed by atoms with Crippen molar-refractivity contribution in [3.05, 3.63) is 65.0 Å². The molecule has 26 heavy (non-hydrogen) atoms. The lowest BCUT2D eigenvalue weighted by Crippen LogP contribution is -2.39. The van der Waals surface area contributed by atoms with Crippen LogP contribution in [0.25, 0.3) is 0 Å². The summed E-state index contributed by atoms with van der Waals surface area (Å²) in [5, 5.41) is 16.5. The van der Waals surface area contributed by atoms with E-state index in [0.717, 1.165) is 16.9 Å². The average Bonchev–Trinajstić information content (AvgIpc) is 2.65. The van der Waals surface area contributed by atoms with Crippen molar-refractivity contribution in [1.29, 1.82) is 0 Å². The first-order chi connectivity index (χ1) is 12.5. The van der Waals surface area contributed by atoms with Crippen molar-refractivity contribution in [3.63, 3.8) is 0 Å². The Hall–Kier alpha value is -2.60. The zero-order valence-corrected chi connectivity index (χ0v) is 15.4. The van der Waals surface area contributed by atoms with Crippen LogP contribution in [0.3, 0.4) is 0 Å². The van der Waals surface area contributed by atoms with Gasteiger partial charge in [-0.3, -0.25) is 0 Å². The Morgan fingerprint density at radius 3 is 2.58 bits per heavy atom. The van der Waals surface area contributed by atoms with E-state index >= 15 is 0 Å². The molecular weight excluding hydrogens is 333 g/mol. The van der Waals surface area contributed by atoms with Crippen LogP contribution in [-0.2, 0) is 6.54 Å². The third-order valence-electron chi connectivity index (χ3n) is 3.91. The maximum absolute atomic E-state index is 13.0. The molecule has 0 aliphatic heterocycles. The van der Waals surface area contributed by atoms with Gasteiger partial charge in [0.15, 0.2) is 5.96 Å². The van der Waals surface area contributed by atoms with E-state index in [4.69, 9.17) is 4.74 Å². The molecule has 0 aromatic heterocycles. The summed E-state index contributed by atoms with van der Waals surface area (Å²) in [7, 11) is 1.64. The quantitative estimate of drug-likeness (QED) is 0.525. The second-order valence-corrected chi connectivity index (χ2v) is 5.96. The zero-order valence-electron chi connectivity index (χ0n) is 15.4. The number of hydrogen-bond acceptors (Lipinski definition) is 3. The monoisotopic (exact) mass is 359 g/mol. The first-order valence-corrected chi connectivity index (χ1v) is 8.62. The number of methoxy groups -OCH3 is 1. The largest absolute Gasteiger partial charge is 0.496 e.